The fourth-order valence-electron chi connectivity index (χ4n) is 4.04. The number of nitrogens with zero attached hydrogens (tertiary/aromatic N) is 3. The van der Waals surface area contributed by atoms with E-state index in [1.54, 1.807) is 25.2 Å². The van der Waals surface area contributed by atoms with Crippen molar-refractivity contribution >= 4 is 42.1 Å². The zero-order valence-electron chi connectivity index (χ0n) is 22.8. The number of hydrogen-bond donors (Lipinski definition) is 1. The minimum absolute atomic E-state index is 0.00665. The van der Waals surface area contributed by atoms with Gasteiger partial charge in [-0.3, -0.25) is 0 Å². The molecule has 4 rings (SSSR count). The van der Waals surface area contributed by atoms with Gasteiger partial charge in [0.05, 0.1) is 0 Å². The fraction of sp³-hybridized carbons (Fsp3) is 0.233. The molecule has 0 bridgehead atoms. The van der Waals surface area contributed by atoms with Gasteiger partial charge in [0.25, 0.3) is 0 Å². The summed E-state index contributed by atoms with van der Waals surface area (Å²) in [4.78, 5) is 42.0. The van der Waals surface area contributed by atoms with E-state index in [9.17, 15) is 14.4 Å². The second kappa shape index (κ2) is 11.4. The van der Waals surface area contributed by atoms with Gasteiger partial charge in [-0.05, 0) is 5.41 Å². The predicted octanol–water partition coefficient (Wildman–Crippen LogP) is 2.87. The standard InChI is InChI=1S/C30H31AsN4O4/c1-18-22(8-7-9-24(18)33-27(36)19-10-13-21(14-11-19)30(2,3)4)25-16-23(28(37)35(5)34-25)31-26-15-12-20(17-32-26)29(38)39-6/h7-17,31H,1-6H3,(H,33,36). The molecule has 0 aliphatic carbocycles. The van der Waals surface area contributed by atoms with E-state index in [0.717, 1.165) is 21.2 Å². The molecule has 0 fully saturated rings. The van der Waals surface area contributed by atoms with Crippen LogP contribution in [-0.4, -0.2) is 49.5 Å². The Bertz CT molecular complexity index is 1590. The molecule has 1 amide bonds. The summed E-state index contributed by atoms with van der Waals surface area (Å²) in [7, 11) is 2.94. The average molecular weight is 587 g/mol. The van der Waals surface area contributed by atoms with E-state index < -0.39 is 21.7 Å². The molecule has 2 aromatic heterocycles. The third-order valence-electron chi connectivity index (χ3n) is 6.38. The van der Waals surface area contributed by atoms with Crippen LogP contribution in [0.4, 0.5) is 5.69 Å². The molecule has 39 heavy (non-hydrogen) atoms. The first-order valence-corrected chi connectivity index (χ1v) is 14.5. The molecule has 9 heteroatoms. The molecule has 8 nitrogen and oxygen atoms in total. The van der Waals surface area contributed by atoms with Gasteiger partial charge in [-0.25, -0.2) is 0 Å². The van der Waals surface area contributed by atoms with Crippen molar-refractivity contribution in [3.63, 3.8) is 0 Å². The zero-order chi connectivity index (χ0) is 28.3. The van der Waals surface area contributed by atoms with E-state index in [0.29, 0.717) is 26.9 Å². The van der Waals surface area contributed by atoms with E-state index in [-0.39, 0.29) is 16.9 Å². The van der Waals surface area contributed by atoms with Gasteiger partial charge in [0.15, 0.2) is 0 Å². The Morgan fingerprint density at radius 1 is 1.00 bits per heavy atom. The van der Waals surface area contributed by atoms with Crippen molar-refractivity contribution in [3.8, 4) is 11.3 Å². The summed E-state index contributed by atoms with van der Waals surface area (Å²) in [6.07, 6.45) is 1.46. The number of esters is 1. The van der Waals surface area contributed by atoms with Gasteiger partial charge in [0.2, 0.25) is 0 Å². The Labute approximate surface area is 234 Å². The van der Waals surface area contributed by atoms with Crippen molar-refractivity contribution in [2.24, 2.45) is 7.05 Å². The van der Waals surface area contributed by atoms with Crippen molar-refractivity contribution in [2.45, 2.75) is 33.1 Å². The molecule has 200 valence electrons. The van der Waals surface area contributed by atoms with Gasteiger partial charge in [-0.15, -0.1) is 0 Å². The molecule has 2 aromatic carbocycles. The van der Waals surface area contributed by atoms with Crippen LogP contribution in [0.1, 0.15) is 52.6 Å². The summed E-state index contributed by atoms with van der Waals surface area (Å²) in [5.74, 6) is -0.654. The third kappa shape index (κ3) is 6.34. The summed E-state index contributed by atoms with van der Waals surface area (Å²) < 4.78 is 7.45. The number of rotatable bonds is 6. The summed E-state index contributed by atoms with van der Waals surface area (Å²) in [5, 5.41) is 7.51. The van der Waals surface area contributed by atoms with Crippen molar-refractivity contribution in [2.75, 3.05) is 12.4 Å². The number of aryl methyl sites for hydroxylation is 1. The number of hydrogen-bond acceptors (Lipinski definition) is 6. The Morgan fingerprint density at radius 3 is 2.31 bits per heavy atom. The van der Waals surface area contributed by atoms with Gasteiger partial charge in [0, 0.05) is 0 Å². The van der Waals surface area contributed by atoms with Crippen LogP contribution in [0.15, 0.2) is 71.7 Å². The second-order valence-electron chi connectivity index (χ2n) is 10.2. The number of ether oxygens (including phenoxy) is 1. The van der Waals surface area contributed by atoms with Crippen molar-refractivity contribution < 1.29 is 14.3 Å². The van der Waals surface area contributed by atoms with Crippen LogP contribution in [0.2, 0.25) is 0 Å². The van der Waals surface area contributed by atoms with E-state index in [1.165, 1.54) is 18.0 Å². The Balaban J connectivity index is 1.60. The summed E-state index contributed by atoms with van der Waals surface area (Å²) in [6.45, 7) is 8.32. The van der Waals surface area contributed by atoms with Gasteiger partial charge in [-0.1, -0.05) is 20.8 Å². The van der Waals surface area contributed by atoms with Gasteiger partial charge in [0.1, 0.15) is 0 Å². The third-order valence-corrected chi connectivity index (χ3v) is 8.86. The van der Waals surface area contributed by atoms with Crippen LogP contribution in [-0.2, 0) is 17.2 Å². The number of pyridine rings is 1. The number of carbonyl (C=O) groups is 2. The van der Waals surface area contributed by atoms with E-state index in [2.05, 4.69) is 36.2 Å². The van der Waals surface area contributed by atoms with E-state index in [1.807, 2.05) is 49.4 Å². The average Bonchev–Trinajstić information content (AvgIpc) is 2.92. The number of anilines is 1. The quantitative estimate of drug-likeness (QED) is 0.276. The van der Waals surface area contributed by atoms with Crippen molar-refractivity contribution in [1.29, 1.82) is 0 Å². The zero-order valence-corrected chi connectivity index (χ0v) is 24.9. The van der Waals surface area contributed by atoms with Crippen LogP contribution in [0.25, 0.3) is 11.3 Å². The molecule has 0 aliphatic rings. The maximum atomic E-state index is 13.0. The normalized spacial score (nSPS) is 11.5. The molecule has 1 atom stereocenters. The molecular formula is C30H31AsN4O4. The van der Waals surface area contributed by atoms with Crippen molar-refractivity contribution in [1.82, 2.24) is 14.8 Å². The molecule has 0 radical (unpaired) electrons. The predicted molar refractivity (Wildman–Crippen MR) is 155 cm³/mol. The summed E-state index contributed by atoms with van der Waals surface area (Å²) in [6, 6.07) is 18.5. The van der Waals surface area contributed by atoms with Crippen LogP contribution in [0, 0.1) is 6.92 Å². The number of nitrogens with one attached hydrogen (secondary N) is 1. The number of carbonyl (C=O) groups excluding carboxylic acids is 2. The SMILES string of the molecule is COC(=O)c1ccc([AsH]c2cc(-c3cccc(NC(=O)c4ccc(C(C)(C)C)cc4)c3C)nn(C)c2=O)nc1. The first kappa shape index (κ1) is 28.0. The minimum atomic E-state index is -1.10. The van der Waals surface area contributed by atoms with Gasteiger partial charge in [-0.2, -0.15) is 0 Å². The molecule has 0 aliphatic heterocycles. The van der Waals surface area contributed by atoms with Crippen LogP contribution < -0.4 is 19.7 Å². The summed E-state index contributed by atoms with van der Waals surface area (Å²) >= 11 is -1.10. The first-order chi connectivity index (χ1) is 18.5. The summed E-state index contributed by atoms with van der Waals surface area (Å²) in [5.41, 5.74) is 4.87. The van der Waals surface area contributed by atoms with Gasteiger partial charge < -0.3 is 0 Å². The van der Waals surface area contributed by atoms with Crippen LogP contribution in [0.5, 0.6) is 0 Å². The number of benzene rings is 2. The molecule has 1 unspecified atom stereocenters. The van der Waals surface area contributed by atoms with Crippen molar-refractivity contribution in [3.05, 3.63) is 99.5 Å². The van der Waals surface area contributed by atoms with Gasteiger partial charge >= 0.3 is 208 Å². The fourth-order valence-corrected chi connectivity index (χ4v) is 6.24. The molecule has 4 aromatic rings. The monoisotopic (exact) mass is 586 g/mol. The Hall–Kier alpha value is -4.03. The first-order valence-electron chi connectivity index (χ1n) is 12.4. The van der Waals surface area contributed by atoms with E-state index in [4.69, 9.17) is 4.74 Å². The molecule has 0 saturated heterocycles. The van der Waals surface area contributed by atoms with Crippen LogP contribution >= 0.6 is 0 Å². The Kier molecular flexibility index (Phi) is 8.16. The number of aromatic nitrogens is 3. The topological polar surface area (TPSA) is 103 Å². The maximum absolute atomic E-state index is 13.0. The molecule has 1 N–H and O–H groups in total. The van der Waals surface area contributed by atoms with E-state index >= 15 is 0 Å². The molecular weight excluding hydrogens is 555 g/mol. The molecule has 0 saturated carbocycles. The Morgan fingerprint density at radius 2 is 1.69 bits per heavy atom. The number of methoxy groups -OCH3 is 1. The second-order valence-corrected chi connectivity index (χ2v) is 12.9. The molecule has 2 heterocycles. The molecule has 0 spiro atoms. The van der Waals surface area contributed by atoms with Crippen LogP contribution in [0.3, 0.4) is 0 Å². The number of amides is 1.